The summed E-state index contributed by atoms with van der Waals surface area (Å²) in [5.74, 6) is -0.824. The van der Waals surface area contributed by atoms with Crippen molar-refractivity contribution in [2.75, 3.05) is 26.4 Å². The number of nitrogens with two attached hydrogens (primary N) is 1. The quantitative estimate of drug-likeness (QED) is 0.0264. The van der Waals surface area contributed by atoms with Gasteiger partial charge in [-0.1, -0.05) is 291 Å². The summed E-state index contributed by atoms with van der Waals surface area (Å²) >= 11 is 0. The molecule has 0 radical (unpaired) electrons. The summed E-state index contributed by atoms with van der Waals surface area (Å²) < 4.78 is 33.1. The fourth-order valence-corrected chi connectivity index (χ4v) is 9.97. The highest BCUT2D eigenvalue weighted by molar-refractivity contribution is 7.47. The number of hydrogen-bond donors (Lipinski definition) is 2. The maximum atomic E-state index is 12.7. The van der Waals surface area contributed by atoms with Gasteiger partial charge in [-0.25, -0.2) is 4.57 Å². The van der Waals surface area contributed by atoms with Crippen molar-refractivity contribution in [2.45, 2.75) is 302 Å². The predicted octanol–water partition coefficient (Wildman–Crippen LogP) is 21.2. The van der Waals surface area contributed by atoms with Gasteiger partial charge < -0.3 is 20.1 Å². The van der Waals surface area contributed by atoms with E-state index in [1.54, 1.807) is 0 Å². The van der Waals surface area contributed by atoms with E-state index in [0.29, 0.717) is 6.42 Å². The summed E-state index contributed by atoms with van der Waals surface area (Å²) in [6.07, 6.45) is 86.3. The van der Waals surface area contributed by atoms with Crippen LogP contribution in [0.5, 0.6) is 0 Å². The highest BCUT2D eigenvalue weighted by atomic mass is 31.2. The molecule has 0 aromatic rings. The van der Waals surface area contributed by atoms with Crippen molar-refractivity contribution in [3.05, 3.63) is 97.2 Å². The first kappa shape index (κ1) is 75.9. The lowest BCUT2D eigenvalue weighted by Gasteiger charge is -2.19. The molecule has 79 heavy (non-hydrogen) atoms. The Hall–Kier alpha value is -3.07. The third kappa shape index (κ3) is 64.0. The Balaban J connectivity index is 3.86. The molecule has 10 heteroatoms. The predicted molar refractivity (Wildman–Crippen MR) is 339 cm³/mol. The van der Waals surface area contributed by atoms with Crippen molar-refractivity contribution in [2.24, 2.45) is 5.73 Å². The van der Waals surface area contributed by atoms with Crippen molar-refractivity contribution in [1.82, 2.24) is 0 Å². The van der Waals surface area contributed by atoms with Crippen LogP contribution in [0.1, 0.15) is 296 Å². The zero-order valence-electron chi connectivity index (χ0n) is 51.1. The number of ether oxygens (including phenoxy) is 2. The molecule has 0 saturated carbocycles. The molecule has 0 bridgehead atoms. The highest BCUT2D eigenvalue weighted by Crippen LogP contribution is 2.43. The molecule has 0 aromatic carbocycles. The van der Waals surface area contributed by atoms with Crippen LogP contribution in [-0.4, -0.2) is 49.3 Å². The molecule has 0 heterocycles. The molecule has 456 valence electrons. The van der Waals surface area contributed by atoms with E-state index in [4.69, 9.17) is 24.3 Å². The molecule has 0 aliphatic carbocycles. The number of carbonyl (C=O) groups excluding carboxylic acids is 2. The van der Waals surface area contributed by atoms with E-state index in [0.717, 1.165) is 103 Å². The third-order valence-corrected chi connectivity index (χ3v) is 14.9. The van der Waals surface area contributed by atoms with E-state index in [2.05, 4.69) is 111 Å². The van der Waals surface area contributed by atoms with E-state index in [1.807, 2.05) is 0 Å². The zero-order valence-corrected chi connectivity index (χ0v) is 52.0. The Bertz CT molecular complexity index is 1610. The molecular weight excluding hydrogens is 1000 g/mol. The number of allylic oxidation sites excluding steroid dienone is 16. The average molecular weight is 1120 g/mol. The van der Waals surface area contributed by atoms with Gasteiger partial charge in [0.1, 0.15) is 6.61 Å². The fraction of sp³-hybridized carbons (Fsp3) is 0.739. The van der Waals surface area contributed by atoms with Crippen molar-refractivity contribution < 1.29 is 37.6 Å². The van der Waals surface area contributed by atoms with Gasteiger partial charge in [0.15, 0.2) is 6.10 Å². The molecule has 0 aromatic heterocycles. The van der Waals surface area contributed by atoms with Crippen molar-refractivity contribution >= 4 is 19.8 Å². The Morgan fingerprint density at radius 1 is 0.380 bits per heavy atom. The van der Waals surface area contributed by atoms with Gasteiger partial charge in [-0.15, -0.1) is 0 Å². The fourth-order valence-electron chi connectivity index (χ4n) is 9.21. The van der Waals surface area contributed by atoms with Crippen LogP contribution in [0.2, 0.25) is 0 Å². The Labute approximate surface area is 486 Å². The van der Waals surface area contributed by atoms with Gasteiger partial charge in [0, 0.05) is 19.4 Å². The van der Waals surface area contributed by atoms with E-state index < -0.39 is 26.5 Å². The average Bonchev–Trinajstić information content (AvgIpc) is 3.44. The van der Waals surface area contributed by atoms with Crippen LogP contribution >= 0.6 is 7.82 Å². The van der Waals surface area contributed by atoms with Crippen molar-refractivity contribution in [3.63, 3.8) is 0 Å². The number of rotatable bonds is 61. The summed E-state index contributed by atoms with van der Waals surface area (Å²) in [5.41, 5.74) is 5.39. The van der Waals surface area contributed by atoms with E-state index in [1.165, 1.54) is 161 Å². The standard InChI is InChI=1S/C69H122NO8P/c1-3-5-7-9-11-13-15-17-19-21-23-25-27-28-29-30-31-32-33-34-35-36-37-38-40-42-44-46-48-50-52-54-56-58-60-62-69(72)78-67(66-77-79(73,74)76-64-63-70)65-75-68(71)61-59-57-55-53-51-49-47-45-43-41-39-26-24-22-20-18-16-14-12-10-8-6-4-2/h5-8,11-14,17-20,23-26,67H,3-4,9-10,15-16,21-22,27-66,70H2,1-2H3,(H,73,74)/b7-5-,8-6-,13-11-,14-12-,19-17-,20-18-,25-23-,26-24-. The third-order valence-electron chi connectivity index (χ3n) is 14.0. The van der Waals surface area contributed by atoms with Gasteiger partial charge in [0.05, 0.1) is 13.2 Å². The first-order valence-electron chi connectivity index (χ1n) is 32.7. The molecule has 0 spiro atoms. The minimum Gasteiger partial charge on any atom is -0.462 e. The Morgan fingerprint density at radius 3 is 0.975 bits per heavy atom. The van der Waals surface area contributed by atoms with Crippen LogP contribution in [0.4, 0.5) is 0 Å². The molecule has 2 unspecified atom stereocenters. The monoisotopic (exact) mass is 1120 g/mol. The topological polar surface area (TPSA) is 134 Å². The molecule has 3 N–H and O–H groups in total. The second kappa shape index (κ2) is 64.1. The van der Waals surface area contributed by atoms with Crippen LogP contribution in [-0.2, 0) is 32.7 Å². The lowest BCUT2D eigenvalue weighted by atomic mass is 10.0. The number of unbranched alkanes of at least 4 members (excludes halogenated alkanes) is 32. The minimum absolute atomic E-state index is 0.0508. The van der Waals surface area contributed by atoms with Crippen LogP contribution < -0.4 is 5.73 Å². The van der Waals surface area contributed by atoms with Gasteiger partial charge in [-0.3, -0.25) is 18.6 Å². The van der Waals surface area contributed by atoms with Crippen LogP contribution in [0.25, 0.3) is 0 Å². The van der Waals surface area contributed by atoms with Crippen LogP contribution in [0.3, 0.4) is 0 Å². The first-order valence-corrected chi connectivity index (χ1v) is 34.2. The molecule has 0 rings (SSSR count). The van der Waals surface area contributed by atoms with Gasteiger partial charge in [0.2, 0.25) is 0 Å². The van der Waals surface area contributed by atoms with Gasteiger partial charge in [-0.05, 0) is 89.9 Å². The van der Waals surface area contributed by atoms with E-state index in [9.17, 15) is 19.0 Å². The summed E-state index contributed by atoms with van der Waals surface area (Å²) in [4.78, 5) is 35.3. The first-order chi connectivity index (χ1) is 38.8. The molecule has 9 nitrogen and oxygen atoms in total. The summed E-state index contributed by atoms with van der Waals surface area (Å²) in [6, 6.07) is 0. The van der Waals surface area contributed by atoms with Crippen molar-refractivity contribution in [3.8, 4) is 0 Å². The molecule has 0 aliphatic heterocycles. The normalized spacial score (nSPS) is 13.6. The van der Waals surface area contributed by atoms with Gasteiger partial charge in [0.25, 0.3) is 0 Å². The van der Waals surface area contributed by atoms with Crippen LogP contribution in [0.15, 0.2) is 97.2 Å². The lowest BCUT2D eigenvalue weighted by Crippen LogP contribution is -2.29. The minimum atomic E-state index is -4.39. The summed E-state index contributed by atoms with van der Waals surface area (Å²) in [6.45, 7) is 3.54. The zero-order chi connectivity index (χ0) is 57.3. The number of carbonyl (C=O) groups is 2. The smallest absolute Gasteiger partial charge is 0.462 e. The van der Waals surface area contributed by atoms with E-state index in [-0.39, 0.29) is 38.6 Å². The second-order valence-corrected chi connectivity index (χ2v) is 23.0. The van der Waals surface area contributed by atoms with Crippen LogP contribution in [0, 0.1) is 0 Å². The molecule has 0 aliphatic rings. The lowest BCUT2D eigenvalue weighted by molar-refractivity contribution is -0.161. The van der Waals surface area contributed by atoms with E-state index >= 15 is 0 Å². The number of phosphoric acid groups is 1. The molecule has 0 saturated heterocycles. The Morgan fingerprint density at radius 2 is 0.658 bits per heavy atom. The number of hydrogen-bond acceptors (Lipinski definition) is 8. The molecule has 0 fully saturated rings. The maximum absolute atomic E-state index is 12.7. The van der Waals surface area contributed by atoms with Crippen molar-refractivity contribution in [1.29, 1.82) is 0 Å². The number of esters is 2. The summed E-state index contributed by atoms with van der Waals surface area (Å²) in [7, 11) is -4.39. The largest absolute Gasteiger partial charge is 0.472 e. The highest BCUT2D eigenvalue weighted by Gasteiger charge is 2.26. The van der Waals surface area contributed by atoms with Gasteiger partial charge >= 0.3 is 19.8 Å². The Kier molecular flexibility index (Phi) is 61.6. The SMILES string of the molecule is CC/C=C\C/C=C\C/C=C\C/C=C\CCCCCCCCCCCCCCCCCCCCCCCCC(=O)OC(COC(=O)CCCCCCCCCCCC/C=C\C/C=C\C/C=C\C/C=C\CC)COP(=O)(O)OCCN. The molecule has 2 atom stereocenters. The molecule has 0 amide bonds. The molecular formula is C69H122NO8P. The van der Waals surface area contributed by atoms with Gasteiger partial charge in [-0.2, -0.15) is 0 Å². The maximum Gasteiger partial charge on any atom is 0.472 e. The number of phosphoric ester groups is 1. The second-order valence-electron chi connectivity index (χ2n) is 21.6. The summed E-state index contributed by atoms with van der Waals surface area (Å²) in [5, 5.41) is 0.